The van der Waals surface area contributed by atoms with Gasteiger partial charge in [-0.1, -0.05) is 6.92 Å². The minimum absolute atomic E-state index is 0.0276. The lowest BCUT2D eigenvalue weighted by atomic mass is 9.88. The van der Waals surface area contributed by atoms with Crippen LogP contribution >= 0.6 is 0 Å². The predicted octanol–water partition coefficient (Wildman–Crippen LogP) is 0.944. The zero-order valence-corrected chi connectivity index (χ0v) is 11.4. The third-order valence-electron chi connectivity index (χ3n) is 4.11. The van der Waals surface area contributed by atoms with Crippen molar-refractivity contribution in [3.63, 3.8) is 0 Å². The maximum absolute atomic E-state index is 12.4. The zero-order chi connectivity index (χ0) is 13.6. The van der Waals surface area contributed by atoms with Gasteiger partial charge >= 0.3 is 0 Å². The van der Waals surface area contributed by atoms with Gasteiger partial charge in [0.1, 0.15) is 5.60 Å². The SMILES string of the molecule is CCc1nnc(C)cc1C(=O)N1CC(O)(C2CC2)C1. The van der Waals surface area contributed by atoms with E-state index in [-0.39, 0.29) is 5.91 Å². The molecule has 102 valence electrons. The van der Waals surface area contributed by atoms with Gasteiger partial charge in [-0.05, 0) is 38.2 Å². The molecule has 2 fully saturated rings. The maximum Gasteiger partial charge on any atom is 0.256 e. The monoisotopic (exact) mass is 261 g/mol. The third-order valence-corrected chi connectivity index (χ3v) is 4.11. The average Bonchev–Trinajstić information content (AvgIpc) is 3.18. The van der Waals surface area contributed by atoms with E-state index in [4.69, 9.17) is 0 Å². The number of nitrogens with zero attached hydrogens (tertiary/aromatic N) is 3. The van der Waals surface area contributed by atoms with Crippen molar-refractivity contribution in [2.75, 3.05) is 13.1 Å². The molecule has 0 unspecified atom stereocenters. The minimum atomic E-state index is -0.627. The summed E-state index contributed by atoms with van der Waals surface area (Å²) in [5.41, 5.74) is 1.49. The Labute approximate surface area is 112 Å². The molecule has 1 aromatic heterocycles. The number of aryl methyl sites for hydroxylation is 2. The molecule has 5 heteroatoms. The average molecular weight is 261 g/mol. The summed E-state index contributed by atoms with van der Waals surface area (Å²) in [5, 5.41) is 18.4. The van der Waals surface area contributed by atoms with E-state index >= 15 is 0 Å². The number of likely N-dealkylation sites (tertiary alicyclic amines) is 1. The second kappa shape index (κ2) is 4.27. The molecule has 1 N–H and O–H groups in total. The fraction of sp³-hybridized carbons (Fsp3) is 0.643. The van der Waals surface area contributed by atoms with Crippen LogP contribution in [0.5, 0.6) is 0 Å². The number of carbonyl (C=O) groups excluding carboxylic acids is 1. The van der Waals surface area contributed by atoms with Crippen molar-refractivity contribution in [3.05, 3.63) is 23.0 Å². The summed E-state index contributed by atoms with van der Waals surface area (Å²) in [5.74, 6) is 0.375. The van der Waals surface area contributed by atoms with E-state index in [1.807, 2.05) is 13.8 Å². The molecule has 1 aromatic rings. The molecular weight excluding hydrogens is 242 g/mol. The molecule has 1 aliphatic heterocycles. The summed E-state index contributed by atoms with van der Waals surface area (Å²) in [7, 11) is 0. The van der Waals surface area contributed by atoms with E-state index in [1.165, 1.54) is 0 Å². The molecule has 2 heterocycles. The lowest BCUT2D eigenvalue weighted by Gasteiger charge is -2.47. The molecule has 1 saturated carbocycles. The van der Waals surface area contributed by atoms with Crippen LogP contribution in [0.2, 0.25) is 0 Å². The molecule has 0 atom stereocenters. The van der Waals surface area contributed by atoms with Gasteiger partial charge in [0.25, 0.3) is 5.91 Å². The molecule has 1 saturated heterocycles. The Bertz CT molecular complexity index is 519. The first-order valence-corrected chi connectivity index (χ1v) is 6.88. The Balaban J connectivity index is 1.76. The molecule has 0 bridgehead atoms. The Kier molecular flexibility index (Phi) is 2.82. The molecule has 3 rings (SSSR count). The van der Waals surface area contributed by atoms with Crippen LogP contribution in [0.4, 0.5) is 0 Å². The smallest absolute Gasteiger partial charge is 0.256 e. The summed E-state index contributed by atoms with van der Waals surface area (Å²) < 4.78 is 0. The number of rotatable bonds is 3. The van der Waals surface area contributed by atoms with Gasteiger partial charge in [-0.15, -0.1) is 0 Å². The number of aliphatic hydroxyl groups is 1. The Morgan fingerprint density at radius 2 is 2.16 bits per heavy atom. The van der Waals surface area contributed by atoms with Gasteiger partial charge in [0.2, 0.25) is 0 Å². The summed E-state index contributed by atoms with van der Waals surface area (Å²) in [6, 6.07) is 1.79. The van der Waals surface area contributed by atoms with Crippen molar-refractivity contribution in [1.29, 1.82) is 0 Å². The molecule has 1 amide bonds. The van der Waals surface area contributed by atoms with Gasteiger partial charge in [-0.25, -0.2) is 0 Å². The lowest BCUT2D eigenvalue weighted by Crippen LogP contribution is -2.64. The molecule has 1 aliphatic carbocycles. The number of hydrogen-bond acceptors (Lipinski definition) is 4. The summed E-state index contributed by atoms with van der Waals surface area (Å²) in [4.78, 5) is 14.2. The quantitative estimate of drug-likeness (QED) is 0.879. The number of carbonyl (C=O) groups is 1. The fourth-order valence-electron chi connectivity index (χ4n) is 2.77. The van der Waals surface area contributed by atoms with E-state index < -0.39 is 5.60 Å². The van der Waals surface area contributed by atoms with Crippen molar-refractivity contribution in [2.45, 2.75) is 38.7 Å². The Morgan fingerprint density at radius 1 is 1.47 bits per heavy atom. The number of β-amino-alcohol motifs (C(OH)–C–C–N with tert-alkyl or cyclic N) is 1. The van der Waals surface area contributed by atoms with Crippen LogP contribution in [-0.2, 0) is 6.42 Å². The van der Waals surface area contributed by atoms with Crippen LogP contribution in [0.1, 0.15) is 41.5 Å². The molecule has 0 aromatic carbocycles. The zero-order valence-electron chi connectivity index (χ0n) is 11.4. The summed E-state index contributed by atoms with van der Waals surface area (Å²) in [6.45, 7) is 4.72. The fourth-order valence-corrected chi connectivity index (χ4v) is 2.77. The van der Waals surface area contributed by atoms with Crippen LogP contribution in [-0.4, -0.2) is 44.8 Å². The second-order valence-corrected chi connectivity index (χ2v) is 5.74. The topological polar surface area (TPSA) is 66.3 Å². The van der Waals surface area contributed by atoms with Crippen molar-refractivity contribution in [2.24, 2.45) is 5.92 Å². The number of aromatic nitrogens is 2. The molecule has 5 nitrogen and oxygen atoms in total. The van der Waals surface area contributed by atoms with E-state index in [0.717, 1.165) is 24.2 Å². The predicted molar refractivity (Wildman–Crippen MR) is 69.7 cm³/mol. The van der Waals surface area contributed by atoms with Gasteiger partial charge in [0, 0.05) is 0 Å². The van der Waals surface area contributed by atoms with Crippen molar-refractivity contribution in [1.82, 2.24) is 15.1 Å². The van der Waals surface area contributed by atoms with E-state index in [2.05, 4.69) is 10.2 Å². The van der Waals surface area contributed by atoms with Crippen LogP contribution in [0.3, 0.4) is 0 Å². The van der Waals surface area contributed by atoms with Crippen molar-refractivity contribution < 1.29 is 9.90 Å². The first-order chi connectivity index (χ1) is 9.03. The summed E-state index contributed by atoms with van der Waals surface area (Å²) >= 11 is 0. The van der Waals surface area contributed by atoms with Gasteiger partial charge in [-0.3, -0.25) is 4.79 Å². The van der Waals surface area contributed by atoms with Gasteiger partial charge in [-0.2, -0.15) is 10.2 Å². The summed E-state index contributed by atoms with van der Waals surface area (Å²) in [6.07, 6.45) is 2.87. The van der Waals surface area contributed by atoms with Gasteiger partial charge in [0.15, 0.2) is 0 Å². The maximum atomic E-state index is 12.4. The van der Waals surface area contributed by atoms with E-state index in [9.17, 15) is 9.90 Å². The Morgan fingerprint density at radius 3 is 2.74 bits per heavy atom. The molecule has 0 radical (unpaired) electrons. The number of amides is 1. The largest absolute Gasteiger partial charge is 0.386 e. The van der Waals surface area contributed by atoms with Crippen LogP contribution in [0.25, 0.3) is 0 Å². The van der Waals surface area contributed by atoms with Crippen LogP contribution < -0.4 is 0 Å². The van der Waals surface area contributed by atoms with Crippen molar-refractivity contribution in [3.8, 4) is 0 Å². The van der Waals surface area contributed by atoms with Crippen LogP contribution in [0, 0.1) is 12.8 Å². The highest BCUT2D eigenvalue weighted by Crippen LogP contribution is 2.44. The van der Waals surface area contributed by atoms with Gasteiger partial charge < -0.3 is 10.0 Å². The van der Waals surface area contributed by atoms with E-state index in [1.54, 1.807) is 11.0 Å². The highest BCUT2D eigenvalue weighted by molar-refractivity contribution is 5.96. The minimum Gasteiger partial charge on any atom is -0.386 e. The van der Waals surface area contributed by atoms with Crippen molar-refractivity contribution >= 4 is 5.91 Å². The lowest BCUT2D eigenvalue weighted by molar-refractivity contribution is -0.0958. The second-order valence-electron chi connectivity index (χ2n) is 5.74. The first kappa shape index (κ1) is 12.5. The molecule has 19 heavy (non-hydrogen) atoms. The van der Waals surface area contributed by atoms with Crippen LogP contribution in [0.15, 0.2) is 6.07 Å². The molecule has 0 spiro atoms. The van der Waals surface area contributed by atoms with E-state index in [0.29, 0.717) is 31.0 Å². The highest BCUT2D eigenvalue weighted by atomic mass is 16.3. The normalized spacial score (nSPS) is 21.1. The molecule has 2 aliphatic rings. The third kappa shape index (κ3) is 2.12. The highest BCUT2D eigenvalue weighted by Gasteiger charge is 2.53. The van der Waals surface area contributed by atoms with Gasteiger partial charge in [0.05, 0.1) is 30.0 Å². The molecular formula is C14H19N3O2. The standard InChI is InChI=1S/C14H19N3O2/c1-3-12-11(6-9(2)15-16-12)13(18)17-7-14(19,8-17)10-4-5-10/h6,10,19H,3-5,7-8H2,1-2H3. The number of hydrogen-bond donors (Lipinski definition) is 1. The first-order valence-electron chi connectivity index (χ1n) is 6.88. The Hall–Kier alpha value is -1.49.